The number of carbonyl (C=O) groups excluding carboxylic acids is 1. The van der Waals surface area contributed by atoms with Crippen molar-refractivity contribution in [3.63, 3.8) is 0 Å². The number of nitrogens with one attached hydrogen (secondary N) is 2. The van der Waals surface area contributed by atoms with Gasteiger partial charge in [-0.3, -0.25) is 9.48 Å². The molecule has 0 aliphatic rings. The molecule has 2 rings (SSSR count). The van der Waals surface area contributed by atoms with Gasteiger partial charge in [0.05, 0.1) is 0 Å². The molecule has 0 aliphatic carbocycles. The Labute approximate surface area is 114 Å². The Kier molecular flexibility index (Phi) is 4.39. The maximum Gasteiger partial charge on any atom is 0.282 e. The third kappa shape index (κ3) is 3.71. The zero-order valence-corrected chi connectivity index (χ0v) is 11.6. The third-order valence-corrected chi connectivity index (χ3v) is 3.11. The molecule has 0 saturated carbocycles. The third-order valence-electron chi connectivity index (χ3n) is 2.23. The highest BCUT2D eigenvalue weighted by atomic mass is 32.1. The first-order chi connectivity index (χ1) is 9.19. The molecule has 0 bridgehead atoms. The minimum Gasteiger partial charge on any atom is -0.360 e. The molecule has 2 aromatic rings. The average molecular weight is 281 g/mol. The highest BCUT2D eigenvalue weighted by molar-refractivity contribution is 7.17. The van der Waals surface area contributed by atoms with Crippen LogP contribution in [0.2, 0.25) is 0 Å². The van der Waals surface area contributed by atoms with Crippen LogP contribution in [0.3, 0.4) is 0 Å². The van der Waals surface area contributed by atoms with E-state index in [4.69, 9.17) is 0 Å². The zero-order chi connectivity index (χ0) is 13.7. The van der Waals surface area contributed by atoms with Crippen LogP contribution in [0.15, 0.2) is 6.33 Å². The zero-order valence-electron chi connectivity index (χ0n) is 10.8. The summed E-state index contributed by atoms with van der Waals surface area (Å²) in [5, 5.41) is 18.6. The van der Waals surface area contributed by atoms with Crippen LogP contribution >= 0.6 is 11.3 Å². The lowest BCUT2D eigenvalue weighted by Gasteiger charge is -1.99. The van der Waals surface area contributed by atoms with Crippen molar-refractivity contribution in [2.45, 2.75) is 13.3 Å². The molecule has 0 fully saturated rings. The summed E-state index contributed by atoms with van der Waals surface area (Å²) in [5.41, 5.74) is 0. The molecule has 8 nitrogen and oxygen atoms in total. The van der Waals surface area contributed by atoms with Gasteiger partial charge < -0.3 is 10.6 Å². The Morgan fingerprint density at radius 3 is 3.00 bits per heavy atom. The molecule has 1 amide bonds. The van der Waals surface area contributed by atoms with Crippen molar-refractivity contribution in [3.8, 4) is 0 Å². The highest BCUT2D eigenvalue weighted by Crippen LogP contribution is 2.14. The predicted molar refractivity (Wildman–Crippen MR) is 71.1 cm³/mol. The van der Waals surface area contributed by atoms with Crippen molar-refractivity contribution in [2.24, 2.45) is 7.05 Å². The fourth-order valence-corrected chi connectivity index (χ4v) is 2.13. The van der Waals surface area contributed by atoms with Crippen LogP contribution in [-0.4, -0.2) is 44.0 Å². The van der Waals surface area contributed by atoms with E-state index in [0.29, 0.717) is 28.9 Å². The lowest BCUT2D eigenvalue weighted by molar-refractivity contribution is 0.0953. The molecule has 9 heteroatoms. The van der Waals surface area contributed by atoms with Crippen LogP contribution < -0.4 is 10.6 Å². The molecule has 0 atom stereocenters. The molecular weight excluding hydrogens is 266 g/mol. The molecule has 2 aromatic heterocycles. The maximum atomic E-state index is 11.8. The van der Waals surface area contributed by atoms with Gasteiger partial charge in [0, 0.05) is 26.6 Å². The van der Waals surface area contributed by atoms with Crippen molar-refractivity contribution < 1.29 is 4.79 Å². The van der Waals surface area contributed by atoms with E-state index in [9.17, 15) is 4.79 Å². The first-order valence-electron chi connectivity index (χ1n) is 5.89. The summed E-state index contributed by atoms with van der Waals surface area (Å²) < 4.78 is 1.63. The van der Waals surface area contributed by atoms with Crippen molar-refractivity contribution in [1.82, 2.24) is 30.3 Å². The predicted octanol–water partition coefficient (Wildman–Crippen LogP) is 0.0709. The lowest BCUT2D eigenvalue weighted by Crippen LogP contribution is -2.25. The number of amides is 1. The van der Waals surface area contributed by atoms with Gasteiger partial charge in [0.25, 0.3) is 5.91 Å². The summed E-state index contributed by atoms with van der Waals surface area (Å²) in [5.74, 6) is 0.478. The van der Waals surface area contributed by atoms with Crippen molar-refractivity contribution in [3.05, 3.63) is 17.2 Å². The van der Waals surface area contributed by atoms with E-state index in [1.807, 2.05) is 6.92 Å². The first kappa shape index (κ1) is 13.4. The second-order valence-electron chi connectivity index (χ2n) is 3.78. The molecule has 2 N–H and O–H groups in total. The topological polar surface area (TPSA) is 97.6 Å². The van der Waals surface area contributed by atoms with E-state index >= 15 is 0 Å². The molecular formula is C10H15N7OS. The summed E-state index contributed by atoms with van der Waals surface area (Å²) in [6.45, 7) is 3.18. The first-order valence-corrected chi connectivity index (χ1v) is 6.70. The normalized spacial score (nSPS) is 10.4. The summed E-state index contributed by atoms with van der Waals surface area (Å²) in [7, 11) is 1.80. The number of hydrogen-bond acceptors (Lipinski definition) is 7. The van der Waals surface area contributed by atoms with Gasteiger partial charge in [-0.1, -0.05) is 11.3 Å². The fourth-order valence-electron chi connectivity index (χ4n) is 1.40. The van der Waals surface area contributed by atoms with E-state index in [-0.39, 0.29) is 5.91 Å². The van der Waals surface area contributed by atoms with Gasteiger partial charge in [0.2, 0.25) is 10.1 Å². The van der Waals surface area contributed by atoms with E-state index in [2.05, 4.69) is 30.9 Å². The van der Waals surface area contributed by atoms with E-state index < -0.39 is 0 Å². The van der Waals surface area contributed by atoms with Crippen LogP contribution in [0, 0.1) is 0 Å². The Bertz CT molecular complexity index is 550. The SMILES string of the molecule is CCNc1nnc(C(=O)NCCc2ncn(C)n2)s1. The van der Waals surface area contributed by atoms with Crippen LogP contribution in [0.5, 0.6) is 0 Å². The lowest BCUT2D eigenvalue weighted by atomic mass is 10.4. The molecule has 0 saturated heterocycles. The van der Waals surface area contributed by atoms with Gasteiger partial charge in [-0.15, -0.1) is 10.2 Å². The van der Waals surface area contributed by atoms with Crippen molar-refractivity contribution in [2.75, 3.05) is 18.4 Å². The van der Waals surface area contributed by atoms with Gasteiger partial charge in [0.15, 0.2) is 5.82 Å². The summed E-state index contributed by atoms with van der Waals surface area (Å²) in [6.07, 6.45) is 2.22. The van der Waals surface area contributed by atoms with Crippen LogP contribution in [0.1, 0.15) is 22.6 Å². The smallest absolute Gasteiger partial charge is 0.282 e. The van der Waals surface area contributed by atoms with Gasteiger partial charge >= 0.3 is 0 Å². The molecule has 0 aliphatic heterocycles. The molecule has 19 heavy (non-hydrogen) atoms. The van der Waals surface area contributed by atoms with Gasteiger partial charge in [-0.2, -0.15) is 5.10 Å². The number of rotatable bonds is 6. The fraction of sp³-hybridized carbons (Fsp3) is 0.500. The van der Waals surface area contributed by atoms with Gasteiger partial charge in [-0.25, -0.2) is 4.98 Å². The number of anilines is 1. The average Bonchev–Trinajstić information content (AvgIpc) is 2.99. The van der Waals surface area contributed by atoms with E-state index in [1.54, 1.807) is 18.1 Å². The number of nitrogens with zero attached hydrogens (tertiary/aromatic N) is 5. The van der Waals surface area contributed by atoms with E-state index in [1.165, 1.54) is 11.3 Å². The number of aromatic nitrogens is 5. The second kappa shape index (κ2) is 6.23. The summed E-state index contributed by atoms with van der Waals surface area (Å²) in [4.78, 5) is 15.9. The monoisotopic (exact) mass is 281 g/mol. The standard InChI is InChI=1S/C10H15N7OS/c1-3-11-10-15-14-9(19-10)8(18)12-5-4-7-13-6-17(2)16-7/h6H,3-5H2,1-2H3,(H,11,15)(H,12,18). The largest absolute Gasteiger partial charge is 0.360 e. The number of aryl methyl sites for hydroxylation is 1. The molecule has 0 aromatic carbocycles. The van der Waals surface area contributed by atoms with Crippen molar-refractivity contribution in [1.29, 1.82) is 0 Å². The summed E-state index contributed by atoms with van der Waals surface area (Å²) in [6, 6.07) is 0. The second-order valence-corrected chi connectivity index (χ2v) is 4.76. The number of hydrogen-bond donors (Lipinski definition) is 2. The Morgan fingerprint density at radius 2 is 2.32 bits per heavy atom. The minimum atomic E-state index is -0.224. The Balaban J connectivity index is 1.80. The Hall–Kier alpha value is -2.03. The van der Waals surface area contributed by atoms with Crippen LogP contribution in [0.4, 0.5) is 5.13 Å². The van der Waals surface area contributed by atoms with Gasteiger partial charge in [0.1, 0.15) is 6.33 Å². The number of carbonyl (C=O) groups is 1. The van der Waals surface area contributed by atoms with E-state index in [0.717, 1.165) is 6.54 Å². The summed E-state index contributed by atoms with van der Waals surface area (Å²) >= 11 is 1.24. The van der Waals surface area contributed by atoms with Crippen LogP contribution in [-0.2, 0) is 13.5 Å². The molecule has 0 spiro atoms. The van der Waals surface area contributed by atoms with Gasteiger partial charge in [-0.05, 0) is 6.92 Å². The van der Waals surface area contributed by atoms with Crippen LogP contribution in [0.25, 0.3) is 0 Å². The molecule has 102 valence electrons. The molecule has 0 radical (unpaired) electrons. The Morgan fingerprint density at radius 1 is 1.47 bits per heavy atom. The molecule has 2 heterocycles. The maximum absolute atomic E-state index is 11.8. The molecule has 0 unspecified atom stereocenters. The minimum absolute atomic E-state index is 0.224. The quantitative estimate of drug-likeness (QED) is 0.777. The van der Waals surface area contributed by atoms with Crippen molar-refractivity contribution >= 4 is 22.4 Å². The highest BCUT2D eigenvalue weighted by Gasteiger charge is 2.12.